The minimum atomic E-state index is -0.492. The Hall–Kier alpha value is -3.93. The van der Waals surface area contributed by atoms with Crippen LogP contribution in [0, 0.1) is 11.2 Å². The molecule has 4 rings (SSSR count). The van der Waals surface area contributed by atoms with Gasteiger partial charge in [-0.1, -0.05) is 63.2 Å². The van der Waals surface area contributed by atoms with Crippen LogP contribution in [0.3, 0.4) is 0 Å². The number of hydrogen-bond acceptors (Lipinski definition) is 3. The number of rotatable bonds is 5. The van der Waals surface area contributed by atoms with Gasteiger partial charge in [0.15, 0.2) is 11.5 Å². The van der Waals surface area contributed by atoms with Crippen molar-refractivity contribution in [1.82, 2.24) is 0 Å². The van der Waals surface area contributed by atoms with Gasteiger partial charge >= 0.3 is 0 Å². The van der Waals surface area contributed by atoms with E-state index in [-0.39, 0.29) is 29.4 Å². The Kier molecular flexibility index (Phi) is 6.24. The van der Waals surface area contributed by atoms with Crippen LogP contribution in [0.1, 0.15) is 47.8 Å². The van der Waals surface area contributed by atoms with Gasteiger partial charge < -0.3 is 10.5 Å². The Bertz CT molecular complexity index is 1290. The topological polar surface area (TPSA) is 72.6 Å². The number of halogens is 1. The van der Waals surface area contributed by atoms with Gasteiger partial charge in [-0.25, -0.2) is 4.39 Å². The summed E-state index contributed by atoms with van der Waals surface area (Å²) in [5, 5.41) is 0. The van der Waals surface area contributed by atoms with E-state index in [1.54, 1.807) is 54.6 Å². The summed E-state index contributed by atoms with van der Waals surface area (Å²) >= 11 is 0. The molecule has 0 saturated heterocycles. The number of fused-ring (bicyclic) bond motifs is 1. The Balaban J connectivity index is 1.74. The lowest BCUT2D eigenvalue weighted by molar-refractivity contribution is -0.117. The van der Waals surface area contributed by atoms with Crippen LogP contribution in [0.25, 0.3) is 6.08 Å². The first-order valence-corrected chi connectivity index (χ1v) is 11.1. The monoisotopic (exact) mass is 458 g/mol. The number of amides is 2. The van der Waals surface area contributed by atoms with Gasteiger partial charge in [0.25, 0.3) is 5.91 Å². The smallest absolute Gasteiger partial charge is 0.294 e. The molecule has 0 unspecified atom stereocenters. The van der Waals surface area contributed by atoms with Crippen molar-refractivity contribution in [2.45, 2.75) is 33.7 Å². The van der Waals surface area contributed by atoms with Crippen LogP contribution in [0.2, 0.25) is 0 Å². The quantitative estimate of drug-likeness (QED) is 0.515. The third-order valence-electron chi connectivity index (χ3n) is 5.53. The summed E-state index contributed by atoms with van der Waals surface area (Å²) in [6.07, 6.45) is 2.28. The van der Waals surface area contributed by atoms with E-state index < -0.39 is 5.91 Å². The van der Waals surface area contributed by atoms with Crippen molar-refractivity contribution in [3.63, 3.8) is 0 Å². The highest BCUT2D eigenvalue weighted by Gasteiger charge is 2.31. The van der Waals surface area contributed by atoms with Crippen molar-refractivity contribution in [3.8, 4) is 5.75 Å². The number of nitrogens with two attached hydrogens (primary N) is 1. The Morgan fingerprint density at radius 1 is 1.03 bits per heavy atom. The zero-order chi connectivity index (χ0) is 24.5. The maximum atomic E-state index is 14.4. The summed E-state index contributed by atoms with van der Waals surface area (Å²) in [7, 11) is 0. The van der Waals surface area contributed by atoms with E-state index in [0.29, 0.717) is 34.5 Å². The lowest BCUT2D eigenvalue weighted by atomic mass is 9.85. The van der Waals surface area contributed by atoms with Crippen LogP contribution >= 0.6 is 0 Å². The molecule has 6 heteroatoms. The molecule has 3 aromatic rings. The molecule has 5 nitrogen and oxygen atoms in total. The van der Waals surface area contributed by atoms with Crippen LogP contribution in [-0.2, 0) is 17.8 Å². The summed E-state index contributed by atoms with van der Waals surface area (Å²) in [6, 6.07) is 18.8. The second-order valence-corrected chi connectivity index (χ2v) is 9.58. The maximum Gasteiger partial charge on any atom is 0.294 e. The molecular formula is C28H27FN2O3. The molecule has 0 atom stereocenters. The van der Waals surface area contributed by atoms with Crippen molar-refractivity contribution in [3.05, 3.63) is 101 Å². The number of carbonyl (C=O) groups excluding carboxylic acids is 2. The van der Waals surface area contributed by atoms with Crippen molar-refractivity contribution in [1.29, 1.82) is 0 Å². The van der Waals surface area contributed by atoms with E-state index in [0.717, 1.165) is 5.56 Å². The van der Waals surface area contributed by atoms with E-state index >= 15 is 0 Å². The van der Waals surface area contributed by atoms with Crippen LogP contribution in [0.5, 0.6) is 5.75 Å². The lowest BCUT2D eigenvalue weighted by Crippen LogP contribution is -2.37. The standard InChI is InChI=1S/C28H27FN2O3/c1-28(2,3)16-20-14-18(12-13-21(20)26(30)32)15-25-27(33)31(17-19-8-4-5-9-22(19)29)23-10-6-7-11-24(23)34-25/h4-15H,16-17H2,1-3H3,(H2,30,32). The van der Waals surface area contributed by atoms with Gasteiger partial charge in [0.2, 0.25) is 5.91 Å². The molecule has 0 saturated carbocycles. The molecule has 1 heterocycles. The molecule has 2 N–H and O–H groups in total. The zero-order valence-electron chi connectivity index (χ0n) is 19.5. The largest absolute Gasteiger partial charge is 0.449 e. The maximum absolute atomic E-state index is 14.4. The molecule has 0 aromatic heterocycles. The number of primary amides is 1. The number of para-hydroxylation sites is 2. The Morgan fingerprint density at radius 3 is 2.44 bits per heavy atom. The zero-order valence-corrected chi connectivity index (χ0v) is 19.5. The SMILES string of the molecule is CC(C)(C)Cc1cc(C=C2Oc3ccccc3N(Cc3ccccc3F)C2=O)ccc1C(N)=O. The van der Waals surface area contributed by atoms with Gasteiger partial charge in [0, 0.05) is 11.1 Å². The molecule has 1 aliphatic rings. The molecule has 0 aliphatic carbocycles. The van der Waals surface area contributed by atoms with Gasteiger partial charge in [-0.3, -0.25) is 14.5 Å². The number of nitrogens with zero attached hydrogens (tertiary/aromatic N) is 1. The predicted octanol–water partition coefficient (Wildman–Crippen LogP) is 5.48. The van der Waals surface area contributed by atoms with Crippen LogP contribution in [0.4, 0.5) is 10.1 Å². The molecule has 0 fully saturated rings. The third kappa shape index (κ3) is 5.01. The second kappa shape index (κ2) is 9.14. The Morgan fingerprint density at radius 2 is 1.74 bits per heavy atom. The second-order valence-electron chi connectivity index (χ2n) is 9.58. The highest BCUT2D eigenvalue weighted by atomic mass is 19.1. The lowest BCUT2D eigenvalue weighted by Gasteiger charge is -2.30. The molecule has 0 bridgehead atoms. The first-order chi connectivity index (χ1) is 16.1. The predicted molar refractivity (Wildman–Crippen MR) is 131 cm³/mol. The van der Waals surface area contributed by atoms with Crippen molar-refractivity contribution in [2.24, 2.45) is 11.1 Å². The highest BCUT2D eigenvalue weighted by molar-refractivity contribution is 6.09. The number of hydrogen-bond donors (Lipinski definition) is 1. The number of ether oxygens (including phenoxy) is 1. The van der Waals surface area contributed by atoms with E-state index in [4.69, 9.17) is 10.5 Å². The van der Waals surface area contributed by atoms with Gasteiger partial charge in [-0.05, 0) is 53.3 Å². The summed E-state index contributed by atoms with van der Waals surface area (Å²) in [5.41, 5.74) is 8.46. The average molecular weight is 459 g/mol. The van der Waals surface area contributed by atoms with E-state index in [1.807, 2.05) is 12.1 Å². The minimum Gasteiger partial charge on any atom is -0.449 e. The first kappa shape index (κ1) is 23.2. The first-order valence-electron chi connectivity index (χ1n) is 11.1. The molecule has 34 heavy (non-hydrogen) atoms. The Labute approximate surface area is 198 Å². The summed E-state index contributed by atoms with van der Waals surface area (Å²) in [4.78, 5) is 26.9. The summed E-state index contributed by atoms with van der Waals surface area (Å²) < 4.78 is 20.3. The summed E-state index contributed by atoms with van der Waals surface area (Å²) in [5.74, 6) is -0.623. The fraction of sp³-hybridized carbons (Fsp3) is 0.214. The minimum absolute atomic E-state index is 0.0668. The van der Waals surface area contributed by atoms with Crippen LogP contribution in [-0.4, -0.2) is 11.8 Å². The molecular weight excluding hydrogens is 431 g/mol. The van der Waals surface area contributed by atoms with Crippen molar-refractivity contribution >= 4 is 23.6 Å². The van der Waals surface area contributed by atoms with Gasteiger partial charge in [0.05, 0.1) is 12.2 Å². The van der Waals surface area contributed by atoms with Crippen LogP contribution in [0.15, 0.2) is 72.5 Å². The van der Waals surface area contributed by atoms with E-state index in [1.165, 1.54) is 11.0 Å². The normalized spacial score (nSPS) is 14.6. The number of carbonyl (C=O) groups is 2. The van der Waals surface area contributed by atoms with E-state index in [2.05, 4.69) is 20.8 Å². The van der Waals surface area contributed by atoms with E-state index in [9.17, 15) is 14.0 Å². The van der Waals surface area contributed by atoms with Crippen molar-refractivity contribution < 1.29 is 18.7 Å². The fourth-order valence-electron chi connectivity index (χ4n) is 4.03. The molecule has 3 aromatic carbocycles. The van der Waals surface area contributed by atoms with Crippen molar-refractivity contribution in [2.75, 3.05) is 4.90 Å². The molecule has 0 radical (unpaired) electrons. The van der Waals surface area contributed by atoms with Crippen LogP contribution < -0.4 is 15.4 Å². The molecule has 1 aliphatic heterocycles. The van der Waals surface area contributed by atoms with Gasteiger partial charge in [-0.15, -0.1) is 0 Å². The molecule has 2 amide bonds. The van der Waals surface area contributed by atoms with Gasteiger partial charge in [-0.2, -0.15) is 0 Å². The highest BCUT2D eigenvalue weighted by Crippen LogP contribution is 2.37. The molecule has 0 spiro atoms. The summed E-state index contributed by atoms with van der Waals surface area (Å²) in [6.45, 7) is 6.30. The number of anilines is 1. The van der Waals surface area contributed by atoms with Gasteiger partial charge in [0.1, 0.15) is 5.82 Å². The number of benzene rings is 3. The third-order valence-corrected chi connectivity index (χ3v) is 5.53. The molecule has 174 valence electrons. The fourth-order valence-corrected chi connectivity index (χ4v) is 4.03. The average Bonchev–Trinajstić information content (AvgIpc) is 2.76.